The molecule has 8 heteroatoms. The molecule has 1 aliphatic carbocycles. The maximum Gasteiger partial charge on any atom is 0.243 e. The van der Waals surface area contributed by atoms with E-state index in [4.69, 9.17) is 0 Å². The van der Waals surface area contributed by atoms with Gasteiger partial charge in [0, 0.05) is 39.4 Å². The van der Waals surface area contributed by atoms with Gasteiger partial charge in [-0.15, -0.1) is 5.10 Å². The van der Waals surface area contributed by atoms with Crippen molar-refractivity contribution in [3.63, 3.8) is 0 Å². The molecule has 0 bridgehead atoms. The van der Waals surface area contributed by atoms with Gasteiger partial charge in [0.1, 0.15) is 6.54 Å². The molecule has 0 aliphatic heterocycles. The van der Waals surface area contributed by atoms with E-state index < -0.39 is 0 Å². The standard InChI is InChI=1S/C17H31N7O/c1-14-7-4-5-8-15(14)21-17(19-13-16(25)23(2)3)18-9-6-11-24-12-10-20-22-24/h10,12,14-15H,4-9,11,13H2,1-3H3,(H2,18,19,21). The molecule has 0 aromatic carbocycles. The second-order valence-corrected chi connectivity index (χ2v) is 6.91. The second-order valence-electron chi connectivity index (χ2n) is 6.91. The summed E-state index contributed by atoms with van der Waals surface area (Å²) in [6.07, 6.45) is 9.39. The average Bonchev–Trinajstić information content (AvgIpc) is 3.11. The normalized spacial score (nSPS) is 21.0. The van der Waals surface area contributed by atoms with Crippen molar-refractivity contribution in [3.8, 4) is 0 Å². The van der Waals surface area contributed by atoms with E-state index in [1.807, 2.05) is 10.9 Å². The molecule has 2 N–H and O–H groups in total. The average molecular weight is 349 g/mol. The third kappa shape index (κ3) is 6.72. The quantitative estimate of drug-likeness (QED) is 0.433. The molecule has 1 aromatic heterocycles. The van der Waals surface area contributed by atoms with Crippen molar-refractivity contribution in [2.24, 2.45) is 10.9 Å². The van der Waals surface area contributed by atoms with Gasteiger partial charge >= 0.3 is 0 Å². The number of rotatable bonds is 7. The summed E-state index contributed by atoms with van der Waals surface area (Å²) >= 11 is 0. The number of guanidine groups is 1. The monoisotopic (exact) mass is 349 g/mol. The Balaban J connectivity index is 1.86. The number of aliphatic imine (C=N–C) groups is 1. The molecule has 1 aliphatic rings. The highest BCUT2D eigenvalue weighted by atomic mass is 16.2. The van der Waals surface area contributed by atoms with Crippen LogP contribution in [0, 0.1) is 5.92 Å². The Bertz CT molecular complexity index is 541. The Kier molecular flexibility index (Phi) is 7.69. The van der Waals surface area contributed by atoms with Gasteiger partial charge in [-0.25, -0.2) is 4.99 Å². The summed E-state index contributed by atoms with van der Waals surface area (Å²) in [6, 6.07) is 0.421. The number of hydrogen-bond acceptors (Lipinski definition) is 4. The molecule has 2 unspecified atom stereocenters. The smallest absolute Gasteiger partial charge is 0.243 e. The van der Waals surface area contributed by atoms with E-state index >= 15 is 0 Å². The molecule has 0 radical (unpaired) electrons. The van der Waals surface area contributed by atoms with Crippen LogP contribution in [0.25, 0.3) is 0 Å². The molecule has 1 heterocycles. The predicted octanol–water partition coefficient (Wildman–Crippen LogP) is 0.870. The van der Waals surface area contributed by atoms with Crippen molar-refractivity contribution in [2.75, 3.05) is 27.2 Å². The molecule has 1 aromatic rings. The van der Waals surface area contributed by atoms with E-state index in [-0.39, 0.29) is 12.5 Å². The molecular formula is C17H31N7O. The van der Waals surface area contributed by atoms with Crippen LogP contribution in [0.3, 0.4) is 0 Å². The number of nitrogens with zero attached hydrogens (tertiary/aromatic N) is 5. The van der Waals surface area contributed by atoms with Crippen LogP contribution in [-0.4, -0.2) is 65.0 Å². The summed E-state index contributed by atoms with van der Waals surface area (Å²) in [5.74, 6) is 1.35. The number of carbonyl (C=O) groups is 1. The number of hydrogen-bond donors (Lipinski definition) is 2. The molecule has 8 nitrogen and oxygen atoms in total. The lowest BCUT2D eigenvalue weighted by Gasteiger charge is -2.31. The first kappa shape index (κ1) is 19.2. The SMILES string of the molecule is CC1CCCCC1NC(=NCC(=O)N(C)C)NCCCn1ccnn1. The zero-order valence-corrected chi connectivity index (χ0v) is 15.6. The van der Waals surface area contributed by atoms with E-state index in [0.717, 1.165) is 31.9 Å². The van der Waals surface area contributed by atoms with E-state index in [0.29, 0.717) is 12.0 Å². The van der Waals surface area contributed by atoms with Gasteiger partial charge in [-0.3, -0.25) is 9.48 Å². The number of aromatic nitrogens is 3. The zero-order valence-electron chi connectivity index (χ0n) is 15.6. The third-order valence-corrected chi connectivity index (χ3v) is 4.63. The number of carbonyl (C=O) groups excluding carboxylic acids is 1. The van der Waals surface area contributed by atoms with Crippen molar-refractivity contribution >= 4 is 11.9 Å². The van der Waals surface area contributed by atoms with Crippen LogP contribution in [0.4, 0.5) is 0 Å². The number of likely N-dealkylation sites (N-methyl/N-ethyl adjacent to an activating group) is 1. The van der Waals surface area contributed by atoms with Crippen molar-refractivity contribution < 1.29 is 4.79 Å². The van der Waals surface area contributed by atoms with E-state index in [9.17, 15) is 4.79 Å². The fourth-order valence-electron chi connectivity index (χ4n) is 2.95. The number of nitrogens with one attached hydrogen (secondary N) is 2. The summed E-state index contributed by atoms with van der Waals surface area (Å²) < 4.78 is 1.81. The predicted molar refractivity (Wildman–Crippen MR) is 98.2 cm³/mol. The van der Waals surface area contributed by atoms with Crippen LogP contribution in [0.5, 0.6) is 0 Å². The maximum absolute atomic E-state index is 11.8. The highest BCUT2D eigenvalue weighted by Crippen LogP contribution is 2.23. The Morgan fingerprint density at radius 1 is 1.36 bits per heavy atom. The molecule has 2 atom stereocenters. The van der Waals surface area contributed by atoms with Gasteiger partial charge in [-0.05, 0) is 25.2 Å². The first-order valence-corrected chi connectivity index (χ1v) is 9.15. The van der Waals surface area contributed by atoms with E-state index in [2.05, 4.69) is 32.9 Å². The van der Waals surface area contributed by atoms with E-state index in [1.165, 1.54) is 19.3 Å². The molecular weight excluding hydrogens is 318 g/mol. The third-order valence-electron chi connectivity index (χ3n) is 4.63. The van der Waals surface area contributed by atoms with Gasteiger partial charge in [-0.2, -0.15) is 0 Å². The molecule has 0 spiro atoms. The molecule has 2 rings (SSSR count). The molecule has 1 saturated carbocycles. The summed E-state index contributed by atoms with van der Waals surface area (Å²) in [5, 5.41) is 14.6. The molecule has 1 amide bonds. The molecule has 140 valence electrons. The lowest BCUT2D eigenvalue weighted by Crippen LogP contribution is -2.47. The van der Waals surface area contributed by atoms with Crippen molar-refractivity contribution in [2.45, 2.75) is 51.6 Å². The minimum absolute atomic E-state index is 0.000378. The topological polar surface area (TPSA) is 87.4 Å². The first-order valence-electron chi connectivity index (χ1n) is 9.15. The molecule has 0 saturated heterocycles. The summed E-state index contributed by atoms with van der Waals surface area (Å²) in [7, 11) is 3.50. The highest BCUT2D eigenvalue weighted by Gasteiger charge is 2.22. The van der Waals surface area contributed by atoms with Gasteiger partial charge < -0.3 is 15.5 Å². The Morgan fingerprint density at radius 3 is 2.84 bits per heavy atom. The van der Waals surface area contributed by atoms with Crippen LogP contribution < -0.4 is 10.6 Å². The van der Waals surface area contributed by atoms with E-state index in [1.54, 1.807) is 25.2 Å². The Morgan fingerprint density at radius 2 is 2.16 bits per heavy atom. The van der Waals surface area contributed by atoms with Gasteiger partial charge in [0.05, 0.1) is 6.20 Å². The number of amides is 1. The second kappa shape index (κ2) is 10.0. The van der Waals surface area contributed by atoms with Gasteiger partial charge in [-0.1, -0.05) is 25.0 Å². The molecule has 25 heavy (non-hydrogen) atoms. The summed E-state index contributed by atoms with van der Waals surface area (Å²) in [5.41, 5.74) is 0. The number of aryl methyl sites for hydroxylation is 1. The van der Waals surface area contributed by atoms with Crippen LogP contribution in [0.2, 0.25) is 0 Å². The van der Waals surface area contributed by atoms with Crippen LogP contribution in [0.15, 0.2) is 17.4 Å². The van der Waals surface area contributed by atoms with Crippen molar-refractivity contribution in [1.82, 2.24) is 30.5 Å². The van der Waals surface area contributed by atoms with Gasteiger partial charge in [0.25, 0.3) is 0 Å². The Hall–Kier alpha value is -2.12. The summed E-state index contributed by atoms with van der Waals surface area (Å²) in [4.78, 5) is 17.9. The zero-order chi connectivity index (χ0) is 18.1. The fourth-order valence-corrected chi connectivity index (χ4v) is 2.95. The van der Waals surface area contributed by atoms with Crippen molar-refractivity contribution in [3.05, 3.63) is 12.4 Å². The fraction of sp³-hybridized carbons (Fsp3) is 0.765. The molecule has 1 fully saturated rings. The van der Waals surface area contributed by atoms with Crippen molar-refractivity contribution in [1.29, 1.82) is 0 Å². The summed E-state index contributed by atoms with van der Waals surface area (Å²) in [6.45, 7) is 4.01. The minimum Gasteiger partial charge on any atom is -0.356 e. The lowest BCUT2D eigenvalue weighted by atomic mass is 9.86. The van der Waals surface area contributed by atoms with Gasteiger partial charge in [0.2, 0.25) is 5.91 Å². The van der Waals surface area contributed by atoms with Crippen LogP contribution in [0.1, 0.15) is 39.0 Å². The highest BCUT2D eigenvalue weighted by molar-refractivity contribution is 5.84. The van der Waals surface area contributed by atoms with Gasteiger partial charge in [0.15, 0.2) is 5.96 Å². The lowest BCUT2D eigenvalue weighted by molar-refractivity contribution is -0.127. The Labute approximate surface area is 150 Å². The minimum atomic E-state index is 0.000378. The maximum atomic E-state index is 11.8. The largest absolute Gasteiger partial charge is 0.356 e. The van der Waals surface area contributed by atoms with Crippen LogP contribution in [-0.2, 0) is 11.3 Å². The van der Waals surface area contributed by atoms with Crippen LogP contribution >= 0.6 is 0 Å². The first-order chi connectivity index (χ1) is 12.1.